The summed E-state index contributed by atoms with van der Waals surface area (Å²) in [7, 11) is 1.46. The maximum absolute atomic E-state index is 12.5. The molecule has 0 spiro atoms. The molecule has 0 unspecified atom stereocenters. The van der Waals surface area contributed by atoms with Gasteiger partial charge in [-0.1, -0.05) is 11.6 Å². The van der Waals surface area contributed by atoms with E-state index < -0.39 is 5.97 Å². The van der Waals surface area contributed by atoms with E-state index in [0.29, 0.717) is 22.4 Å². The van der Waals surface area contributed by atoms with Crippen LogP contribution in [-0.2, 0) is 4.74 Å². The van der Waals surface area contributed by atoms with Crippen LogP contribution < -0.4 is 4.74 Å². The third-order valence-electron chi connectivity index (χ3n) is 4.41. The van der Waals surface area contributed by atoms with Gasteiger partial charge in [0.15, 0.2) is 6.61 Å². The van der Waals surface area contributed by atoms with Gasteiger partial charge in [0.05, 0.1) is 7.11 Å². The number of hydrogen-bond acceptors (Lipinski definition) is 4. The lowest BCUT2D eigenvalue weighted by molar-refractivity contribution is 0.0471. The van der Waals surface area contributed by atoms with E-state index in [-0.39, 0.29) is 18.0 Å². The molecular formula is C19H20ClNO4. The number of aryl methyl sites for hydroxylation is 1. The number of methoxy groups -OCH3 is 1. The summed E-state index contributed by atoms with van der Waals surface area (Å²) in [6.07, 6.45) is 2.29. The number of rotatable bonds is 6. The average molecular weight is 362 g/mol. The van der Waals surface area contributed by atoms with Crippen molar-refractivity contribution in [3.63, 3.8) is 0 Å². The molecule has 0 N–H and O–H groups in total. The molecule has 1 aliphatic carbocycles. The van der Waals surface area contributed by atoms with E-state index in [1.165, 1.54) is 13.2 Å². The van der Waals surface area contributed by atoms with Gasteiger partial charge in [0.1, 0.15) is 11.3 Å². The lowest BCUT2D eigenvalue weighted by atomic mass is 10.1. The van der Waals surface area contributed by atoms with E-state index >= 15 is 0 Å². The van der Waals surface area contributed by atoms with Gasteiger partial charge in [-0.25, -0.2) is 4.79 Å². The molecule has 3 rings (SSSR count). The number of esters is 1. The van der Waals surface area contributed by atoms with Crippen LogP contribution in [0.2, 0.25) is 5.02 Å². The fourth-order valence-electron chi connectivity index (χ4n) is 3.08. The fourth-order valence-corrected chi connectivity index (χ4v) is 3.25. The average Bonchev–Trinajstić information content (AvgIpc) is 3.37. The summed E-state index contributed by atoms with van der Waals surface area (Å²) in [6, 6.07) is 7.04. The zero-order chi connectivity index (χ0) is 18.1. The van der Waals surface area contributed by atoms with Gasteiger partial charge in [0.2, 0.25) is 5.78 Å². The fraction of sp³-hybridized carbons (Fsp3) is 0.368. The minimum Gasteiger partial charge on any atom is -0.496 e. The molecule has 5 nitrogen and oxygen atoms in total. The number of benzene rings is 1. The number of nitrogens with zero attached hydrogens (tertiary/aromatic N) is 1. The lowest BCUT2D eigenvalue weighted by Gasteiger charge is -2.09. The second-order valence-corrected chi connectivity index (χ2v) is 6.67. The van der Waals surface area contributed by atoms with Crippen molar-refractivity contribution in [2.45, 2.75) is 32.7 Å². The number of hydrogen-bond donors (Lipinski definition) is 0. The second-order valence-electron chi connectivity index (χ2n) is 6.23. The van der Waals surface area contributed by atoms with E-state index in [1.807, 2.05) is 19.9 Å². The molecule has 1 saturated carbocycles. The highest BCUT2D eigenvalue weighted by molar-refractivity contribution is 6.31. The van der Waals surface area contributed by atoms with E-state index in [9.17, 15) is 9.59 Å². The lowest BCUT2D eigenvalue weighted by Crippen LogP contribution is -2.15. The second kappa shape index (κ2) is 6.92. The Balaban J connectivity index is 1.71. The molecule has 0 atom stereocenters. The molecular weight excluding hydrogens is 342 g/mol. The number of Topliss-reactive ketones (excluding diaryl/α,β-unsaturated/α-hetero) is 1. The smallest absolute Gasteiger partial charge is 0.342 e. The number of aromatic nitrogens is 1. The molecule has 0 aliphatic heterocycles. The van der Waals surface area contributed by atoms with E-state index in [4.69, 9.17) is 21.1 Å². The molecule has 0 radical (unpaired) electrons. The Morgan fingerprint density at radius 3 is 2.56 bits per heavy atom. The largest absolute Gasteiger partial charge is 0.496 e. The highest BCUT2D eigenvalue weighted by Crippen LogP contribution is 2.38. The van der Waals surface area contributed by atoms with Crippen molar-refractivity contribution in [2.75, 3.05) is 13.7 Å². The van der Waals surface area contributed by atoms with Crippen LogP contribution in [0.3, 0.4) is 0 Å². The zero-order valence-corrected chi connectivity index (χ0v) is 15.2. The standard InChI is InChI=1S/C19H20ClNO4/c1-11-8-15(12(2)21(11)14-5-6-14)17(22)10-25-19(23)16-9-13(20)4-7-18(16)24-3/h4,7-9,14H,5-6,10H2,1-3H3. The van der Waals surface area contributed by atoms with Crippen LogP contribution in [-0.4, -0.2) is 30.0 Å². The first kappa shape index (κ1) is 17.5. The zero-order valence-electron chi connectivity index (χ0n) is 14.5. The van der Waals surface area contributed by atoms with Crippen LogP contribution in [0.15, 0.2) is 24.3 Å². The van der Waals surface area contributed by atoms with Crippen LogP contribution in [0.25, 0.3) is 0 Å². The normalized spacial score (nSPS) is 13.6. The number of ketones is 1. The van der Waals surface area contributed by atoms with Gasteiger partial charge in [-0.3, -0.25) is 4.79 Å². The number of carbonyl (C=O) groups excluding carboxylic acids is 2. The van der Waals surface area contributed by atoms with Crippen LogP contribution in [0.4, 0.5) is 0 Å². The molecule has 2 aromatic rings. The number of carbonyl (C=O) groups is 2. The highest BCUT2D eigenvalue weighted by atomic mass is 35.5. The Kier molecular flexibility index (Phi) is 4.86. The van der Waals surface area contributed by atoms with E-state index in [2.05, 4.69) is 4.57 Å². The molecule has 1 fully saturated rings. The Labute approximate surface area is 151 Å². The Hall–Kier alpha value is -2.27. The molecule has 25 heavy (non-hydrogen) atoms. The van der Waals surface area contributed by atoms with E-state index in [1.54, 1.807) is 12.1 Å². The van der Waals surface area contributed by atoms with Gasteiger partial charge in [-0.2, -0.15) is 0 Å². The summed E-state index contributed by atoms with van der Waals surface area (Å²) >= 11 is 5.92. The molecule has 132 valence electrons. The SMILES string of the molecule is COc1ccc(Cl)cc1C(=O)OCC(=O)c1cc(C)n(C2CC2)c1C. The van der Waals surface area contributed by atoms with Crippen molar-refractivity contribution in [2.24, 2.45) is 0 Å². The summed E-state index contributed by atoms with van der Waals surface area (Å²) in [5.74, 6) is -0.494. The van der Waals surface area contributed by atoms with Gasteiger partial charge in [-0.15, -0.1) is 0 Å². The first-order chi connectivity index (χ1) is 11.9. The van der Waals surface area contributed by atoms with Crippen molar-refractivity contribution in [1.82, 2.24) is 4.57 Å². The van der Waals surface area contributed by atoms with Crippen LogP contribution in [0.5, 0.6) is 5.75 Å². The minimum atomic E-state index is -0.635. The number of halogens is 1. The molecule has 0 saturated heterocycles. The molecule has 1 heterocycles. The summed E-state index contributed by atoms with van der Waals surface area (Å²) < 4.78 is 12.5. The topological polar surface area (TPSA) is 57.5 Å². The van der Waals surface area contributed by atoms with Gasteiger partial charge < -0.3 is 14.0 Å². The molecule has 1 aromatic carbocycles. The van der Waals surface area contributed by atoms with Crippen molar-refractivity contribution in [3.05, 3.63) is 51.8 Å². The summed E-state index contributed by atoms with van der Waals surface area (Å²) in [5, 5.41) is 0.395. The predicted octanol–water partition coefficient (Wildman–Crippen LogP) is 4.14. The van der Waals surface area contributed by atoms with Crippen molar-refractivity contribution >= 4 is 23.4 Å². The molecule has 0 bridgehead atoms. The van der Waals surface area contributed by atoms with Crippen molar-refractivity contribution in [1.29, 1.82) is 0 Å². The maximum Gasteiger partial charge on any atom is 0.342 e. The first-order valence-electron chi connectivity index (χ1n) is 8.14. The number of ether oxygens (including phenoxy) is 2. The van der Waals surface area contributed by atoms with Crippen molar-refractivity contribution < 1.29 is 19.1 Å². The minimum absolute atomic E-state index is 0.200. The predicted molar refractivity (Wildman–Crippen MR) is 94.8 cm³/mol. The monoisotopic (exact) mass is 361 g/mol. The third kappa shape index (κ3) is 3.56. The summed E-state index contributed by atoms with van der Waals surface area (Å²) in [6.45, 7) is 3.61. The molecule has 0 amide bonds. The quantitative estimate of drug-likeness (QED) is 0.573. The first-order valence-corrected chi connectivity index (χ1v) is 8.52. The Morgan fingerprint density at radius 1 is 1.20 bits per heavy atom. The van der Waals surface area contributed by atoms with Crippen LogP contribution in [0, 0.1) is 13.8 Å². The summed E-state index contributed by atoms with van der Waals surface area (Å²) in [4.78, 5) is 24.8. The van der Waals surface area contributed by atoms with Gasteiger partial charge >= 0.3 is 5.97 Å². The van der Waals surface area contributed by atoms with Crippen molar-refractivity contribution in [3.8, 4) is 5.75 Å². The Morgan fingerprint density at radius 2 is 1.92 bits per heavy atom. The Bertz CT molecular complexity index is 836. The highest BCUT2D eigenvalue weighted by Gasteiger charge is 2.28. The van der Waals surface area contributed by atoms with E-state index in [0.717, 1.165) is 24.2 Å². The summed E-state index contributed by atoms with van der Waals surface area (Å²) in [5.41, 5.74) is 2.80. The molecule has 1 aliphatic rings. The van der Waals surface area contributed by atoms with Gasteiger partial charge in [0.25, 0.3) is 0 Å². The third-order valence-corrected chi connectivity index (χ3v) is 4.65. The van der Waals surface area contributed by atoms with Crippen LogP contribution >= 0.6 is 11.6 Å². The van der Waals surface area contributed by atoms with Gasteiger partial charge in [-0.05, 0) is 51.0 Å². The van der Waals surface area contributed by atoms with Crippen LogP contribution in [0.1, 0.15) is 51.0 Å². The van der Waals surface area contributed by atoms with Gasteiger partial charge in [0, 0.05) is 28.0 Å². The molecule has 1 aromatic heterocycles. The maximum atomic E-state index is 12.5. The molecule has 6 heteroatoms.